The zero-order valence-electron chi connectivity index (χ0n) is 15.8. The van der Waals surface area contributed by atoms with E-state index < -0.39 is 0 Å². The first kappa shape index (κ1) is 18.2. The van der Waals surface area contributed by atoms with Crippen LogP contribution >= 0.6 is 0 Å². The van der Waals surface area contributed by atoms with Gasteiger partial charge in [-0.3, -0.25) is 4.79 Å². The van der Waals surface area contributed by atoms with Crippen molar-refractivity contribution in [3.8, 4) is 0 Å². The molecule has 3 rings (SSSR count). The fourth-order valence-electron chi connectivity index (χ4n) is 4.14. The van der Waals surface area contributed by atoms with Gasteiger partial charge in [0.15, 0.2) is 0 Å². The highest BCUT2D eigenvalue weighted by Gasteiger charge is 2.26. The summed E-state index contributed by atoms with van der Waals surface area (Å²) in [5.74, 6) is 0.712. The molecule has 0 radical (unpaired) electrons. The lowest BCUT2D eigenvalue weighted by molar-refractivity contribution is -0.130. The molecule has 138 valence electrons. The molecule has 1 aromatic carbocycles. The summed E-state index contributed by atoms with van der Waals surface area (Å²) in [5.41, 5.74) is 2.72. The highest BCUT2D eigenvalue weighted by atomic mass is 16.2. The van der Waals surface area contributed by atoms with Gasteiger partial charge in [-0.05, 0) is 42.9 Å². The van der Waals surface area contributed by atoms with Crippen molar-refractivity contribution in [2.24, 2.45) is 5.92 Å². The highest BCUT2D eigenvalue weighted by molar-refractivity contribution is 5.73. The quantitative estimate of drug-likeness (QED) is 0.910. The molecule has 4 nitrogen and oxygen atoms in total. The zero-order valence-corrected chi connectivity index (χ0v) is 15.8. The third kappa shape index (κ3) is 4.97. The van der Waals surface area contributed by atoms with E-state index in [4.69, 9.17) is 0 Å². The number of hydrogen-bond donors (Lipinski definition) is 1. The lowest BCUT2D eigenvalue weighted by Gasteiger charge is -2.37. The second-order valence-corrected chi connectivity index (χ2v) is 7.79. The van der Waals surface area contributed by atoms with E-state index in [2.05, 4.69) is 41.4 Å². The van der Waals surface area contributed by atoms with Gasteiger partial charge in [0.1, 0.15) is 0 Å². The van der Waals surface area contributed by atoms with Gasteiger partial charge < -0.3 is 15.1 Å². The van der Waals surface area contributed by atoms with Crippen LogP contribution in [-0.2, 0) is 11.3 Å². The summed E-state index contributed by atoms with van der Waals surface area (Å²) < 4.78 is 0. The predicted molar refractivity (Wildman–Crippen MR) is 104 cm³/mol. The number of carbonyl (C=O) groups is 1. The molecule has 0 aliphatic carbocycles. The third-order valence-electron chi connectivity index (χ3n) is 5.83. The van der Waals surface area contributed by atoms with E-state index in [0.717, 1.165) is 26.1 Å². The molecule has 4 heteroatoms. The Morgan fingerprint density at radius 1 is 1.08 bits per heavy atom. The van der Waals surface area contributed by atoms with Crippen LogP contribution in [0, 0.1) is 5.92 Å². The van der Waals surface area contributed by atoms with Crippen LogP contribution in [0.15, 0.2) is 24.3 Å². The average Bonchev–Trinajstić information content (AvgIpc) is 2.90. The Kier molecular flexibility index (Phi) is 6.35. The third-order valence-corrected chi connectivity index (χ3v) is 5.83. The minimum absolute atomic E-state index is 0.203. The van der Waals surface area contributed by atoms with Crippen LogP contribution in [0.4, 0.5) is 5.69 Å². The summed E-state index contributed by atoms with van der Waals surface area (Å²) in [6.07, 6.45) is 6.44. The maximum Gasteiger partial charge on any atom is 0.219 e. The van der Waals surface area contributed by atoms with Crippen molar-refractivity contribution < 1.29 is 4.79 Å². The molecule has 2 fully saturated rings. The van der Waals surface area contributed by atoms with E-state index in [1.165, 1.54) is 50.0 Å². The van der Waals surface area contributed by atoms with Gasteiger partial charge in [0.2, 0.25) is 5.91 Å². The van der Waals surface area contributed by atoms with Crippen LogP contribution in [0.2, 0.25) is 0 Å². The van der Waals surface area contributed by atoms with E-state index in [9.17, 15) is 4.79 Å². The summed E-state index contributed by atoms with van der Waals surface area (Å²) >= 11 is 0. The van der Waals surface area contributed by atoms with Crippen molar-refractivity contribution in [1.29, 1.82) is 0 Å². The maximum atomic E-state index is 11.5. The largest absolute Gasteiger partial charge is 0.372 e. The molecular weight excluding hydrogens is 310 g/mol. The van der Waals surface area contributed by atoms with Gasteiger partial charge in [0.25, 0.3) is 0 Å². The number of rotatable bonds is 4. The van der Waals surface area contributed by atoms with Gasteiger partial charge in [-0.15, -0.1) is 0 Å². The number of hydrogen-bond acceptors (Lipinski definition) is 3. The fourth-order valence-corrected chi connectivity index (χ4v) is 4.14. The zero-order chi connectivity index (χ0) is 17.6. The van der Waals surface area contributed by atoms with Crippen molar-refractivity contribution in [2.45, 2.75) is 58.5 Å². The van der Waals surface area contributed by atoms with Gasteiger partial charge in [0, 0.05) is 51.4 Å². The van der Waals surface area contributed by atoms with E-state index >= 15 is 0 Å². The summed E-state index contributed by atoms with van der Waals surface area (Å²) in [4.78, 5) is 16.0. The molecule has 2 aliphatic heterocycles. The van der Waals surface area contributed by atoms with Gasteiger partial charge in [-0.2, -0.15) is 0 Å². The Labute approximate surface area is 152 Å². The molecule has 1 N–H and O–H groups in total. The molecule has 2 heterocycles. The SMILES string of the molecule is CC(=O)N1CCC(NCc2ccc(N3CCCCCC3)cc2)C(C)C1. The minimum atomic E-state index is 0.203. The van der Waals surface area contributed by atoms with Gasteiger partial charge in [-0.25, -0.2) is 0 Å². The Bertz CT molecular complexity index is 549. The van der Waals surface area contributed by atoms with E-state index in [-0.39, 0.29) is 5.91 Å². The van der Waals surface area contributed by atoms with Crippen LogP contribution in [0.5, 0.6) is 0 Å². The maximum absolute atomic E-state index is 11.5. The number of benzene rings is 1. The molecule has 2 unspecified atom stereocenters. The summed E-state index contributed by atoms with van der Waals surface area (Å²) in [6, 6.07) is 9.60. The number of nitrogens with zero attached hydrogens (tertiary/aromatic N) is 2. The molecule has 2 saturated heterocycles. The summed E-state index contributed by atoms with van der Waals surface area (Å²) in [5, 5.41) is 3.70. The van der Waals surface area contributed by atoms with E-state index in [1.807, 2.05) is 4.90 Å². The van der Waals surface area contributed by atoms with Crippen LogP contribution in [-0.4, -0.2) is 43.0 Å². The summed E-state index contributed by atoms with van der Waals surface area (Å²) in [6.45, 7) is 8.98. The fraction of sp³-hybridized carbons (Fsp3) is 0.667. The standard InChI is InChI=1S/C21H33N3O/c1-17-16-24(18(2)25)14-11-21(17)22-15-19-7-9-20(10-8-19)23-12-5-3-4-6-13-23/h7-10,17,21-22H,3-6,11-16H2,1-2H3. The molecular formula is C21H33N3O. The first-order valence-corrected chi connectivity index (χ1v) is 9.96. The number of amides is 1. The van der Waals surface area contributed by atoms with Crippen LogP contribution < -0.4 is 10.2 Å². The molecule has 25 heavy (non-hydrogen) atoms. The molecule has 0 bridgehead atoms. The molecule has 0 saturated carbocycles. The van der Waals surface area contributed by atoms with Crippen LogP contribution in [0.25, 0.3) is 0 Å². The molecule has 0 spiro atoms. The highest BCUT2D eigenvalue weighted by Crippen LogP contribution is 2.21. The number of anilines is 1. The predicted octanol–water partition coefficient (Wildman–Crippen LogP) is 3.41. The first-order chi connectivity index (χ1) is 12.1. The number of nitrogens with one attached hydrogen (secondary N) is 1. The first-order valence-electron chi connectivity index (χ1n) is 9.96. The number of likely N-dealkylation sites (tertiary alicyclic amines) is 1. The number of piperidine rings is 1. The Morgan fingerprint density at radius 3 is 2.36 bits per heavy atom. The van der Waals surface area contributed by atoms with E-state index in [0.29, 0.717) is 12.0 Å². The number of carbonyl (C=O) groups excluding carboxylic acids is 1. The molecule has 1 aromatic rings. The van der Waals surface area contributed by atoms with Crippen molar-refractivity contribution in [1.82, 2.24) is 10.2 Å². The second-order valence-electron chi connectivity index (χ2n) is 7.79. The monoisotopic (exact) mass is 343 g/mol. The Hall–Kier alpha value is -1.55. The normalized spacial score (nSPS) is 24.9. The molecule has 2 atom stereocenters. The minimum Gasteiger partial charge on any atom is -0.372 e. The van der Waals surface area contributed by atoms with Gasteiger partial charge >= 0.3 is 0 Å². The lowest BCUT2D eigenvalue weighted by Crippen LogP contribution is -2.49. The van der Waals surface area contributed by atoms with Crippen LogP contribution in [0.1, 0.15) is 51.5 Å². The second kappa shape index (κ2) is 8.70. The van der Waals surface area contributed by atoms with Gasteiger partial charge in [0.05, 0.1) is 0 Å². The van der Waals surface area contributed by atoms with E-state index in [1.54, 1.807) is 6.92 Å². The van der Waals surface area contributed by atoms with Gasteiger partial charge in [-0.1, -0.05) is 31.9 Å². The van der Waals surface area contributed by atoms with Crippen molar-refractivity contribution >= 4 is 11.6 Å². The summed E-state index contributed by atoms with van der Waals surface area (Å²) in [7, 11) is 0. The Balaban J connectivity index is 1.49. The topological polar surface area (TPSA) is 35.6 Å². The van der Waals surface area contributed by atoms with Crippen LogP contribution in [0.3, 0.4) is 0 Å². The molecule has 1 amide bonds. The average molecular weight is 344 g/mol. The smallest absolute Gasteiger partial charge is 0.219 e. The molecule has 2 aliphatic rings. The molecule has 0 aromatic heterocycles. The van der Waals surface area contributed by atoms with Crippen molar-refractivity contribution in [3.63, 3.8) is 0 Å². The Morgan fingerprint density at radius 2 is 1.76 bits per heavy atom. The lowest BCUT2D eigenvalue weighted by atomic mass is 9.93. The van der Waals surface area contributed by atoms with Crippen molar-refractivity contribution in [3.05, 3.63) is 29.8 Å². The van der Waals surface area contributed by atoms with Crippen molar-refractivity contribution in [2.75, 3.05) is 31.1 Å².